The molecule has 0 aromatic heterocycles. The van der Waals surface area contributed by atoms with Gasteiger partial charge in [0.05, 0.1) is 18.8 Å². The number of fused-ring (bicyclic) bond motifs is 5. The van der Waals surface area contributed by atoms with E-state index >= 15 is 0 Å². The Morgan fingerprint density at radius 1 is 0.941 bits per heavy atom. The number of aliphatic hydroxyl groups is 3. The second-order valence-electron chi connectivity index (χ2n) is 18.3. The molecule has 3 saturated carbocycles. The molecule has 6 rings (SSSR count). The van der Waals surface area contributed by atoms with Crippen LogP contribution in [0.3, 0.4) is 0 Å². The van der Waals surface area contributed by atoms with E-state index in [0.717, 1.165) is 32.1 Å². The lowest BCUT2D eigenvalue weighted by Crippen LogP contribution is -2.60. The summed E-state index contributed by atoms with van der Waals surface area (Å²) in [7, 11) is 0. The molecule has 3 N–H and O–H groups in total. The molecule has 8 heteroatoms. The Morgan fingerprint density at radius 2 is 1.65 bits per heavy atom. The van der Waals surface area contributed by atoms with Gasteiger partial charge in [0.15, 0.2) is 12.4 Å². The van der Waals surface area contributed by atoms with Crippen LogP contribution in [0.1, 0.15) is 123 Å². The van der Waals surface area contributed by atoms with E-state index in [-0.39, 0.29) is 16.7 Å². The van der Waals surface area contributed by atoms with Crippen molar-refractivity contribution in [1.82, 2.24) is 0 Å². The molecule has 51 heavy (non-hydrogen) atoms. The van der Waals surface area contributed by atoms with E-state index in [4.69, 9.17) is 14.2 Å². The molecular weight excluding hydrogens is 644 g/mol. The van der Waals surface area contributed by atoms with Gasteiger partial charge in [-0.15, -0.1) is 0 Å². The fraction of sp³-hybridized carbons (Fsp3) is 0.767. The topological polar surface area (TPSA) is 123 Å². The van der Waals surface area contributed by atoms with Crippen molar-refractivity contribution in [2.75, 3.05) is 13.2 Å². The number of ether oxygens (including phenoxy) is 3. The normalized spacial score (nSPS) is 41.5. The molecule has 284 valence electrons. The predicted molar refractivity (Wildman–Crippen MR) is 196 cm³/mol. The van der Waals surface area contributed by atoms with E-state index in [9.17, 15) is 24.9 Å². The van der Waals surface area contributed by atoms with Crippen molar-refractivity contribution in [3.05, 3.63) is 47.5 Å². The molecule has 1 unspecified atom stereocenters. The largest absolute Gasteiger partial charge is 0.453 e. The van der Waals surface area contributed by atoms with Gasteiger partial charge in [0.1, 0.15) is 24.1 Å². The van der Waals surface area contributed by atoms with Gasteiger partial charge in [-0.25, -0.2) is 4.79 Å². The maximum Gasteiger partial charge on any atom is 0.338 e. The zero-order valence-electron chi connectivity index (χ0n) is 32.1. The Morgan fingerprint density at radius 3 is 2.35 bits per heavy atom. The number of aliphatic hydroxyl groups excluding tert-OH is 3. The molecule has 1 aromatic carbocycles. The highest BCUT2D eigenvalue weighted by Gasteiger charge is 2.66. The third kappa shape index (κ3) is 6.68. The molecule has 4 fully saturated rings. The van der Waals surface area contributed by atoms with E-state index in [1.807, 2.05) is 0 Å². The first-order valence-electron chi connectivity index (χ1n) is 19.8. The molecule has 5 aliphatic rings. The number of carbonyl (C=O) groups excluding carboxylic acids is 2. The van der Waals surface area contributed by atoms with Gasteiger partial charge in [-0.05, 0) is 117 Å². The van der Waals surface area contributed by atoms with Crippen LogP contribution in [-0.4, -0.2) is 71.0 Å². The summed E-state index contributed by atoms with van der Waals surface area (Å²) in [5, 5.41) is 31.6. The van der Waals surface area contributed by atoms with Crippen molar-refractivity contribution in [1.29, 1.82) is 0 Å². The standard InChI is InChI=1S/C43H64O8/c1-26(25-49-39-36(47)35(46)37(32(24-44)50-39)51-38(48)28-14-9-8-10-15-28)12-11-13-27(2)29-18-22-43(7)31-16-17-33-40(3,4)34(45)20-21-41(33,5)30(31)19-23-42(29,43)6/h8-10,14-15,17,26-27,29-32,35-37,39,44,46-47H,11-13,16,18-25H2,1-7H3/t26?,27-,29-,30-,31-,32-,35-,36-,37-,39-,41-,42-,43+/m1/s1. The van der Waals surface area contributed by atoms with Gasteiger partial charge >= 0.3 is 5.97 Å². The number of benzene rings is 1. The average molecular weight is 709 g/mol. The second kappa shape index (κ2) is 14.6. The summed E-state index contributed by atoms with van der Waals surface area (Å²) in [6.07, 6.45) is 7.41. The maximum atomic E-state index is 13.0. The monoisotopic (exact) mass is 708 g/mol. The molecule has 1 aromatic rings. The van der Waals surface area contributed by atoms with Gasteiger partial charge < -0.3 is 29.5 Å². The second-order valence-corrected chi connectivity index (χ2v) is 18.3. The Labute approximate surface area is 305 Å². The molecule has 1 heterocycles. The highest BCUT2D eigenvalue weighted by molar-refractivity contribution is 5.89. The lowest BCUT2D eigenvalue weighted by molar-refractivity contribution is -0.302. The maximum absolute atomic E-state index is 13.0. The van der Waals surface area contributed by atoms with Gasteiger partial charge in [0.25, 0.3) is 0 Å². The van der Waals surface area contributed by atoms with Crippen LogP contribution in [0.25, 0.3) is 0 Å². The minimum atomic E-state index is -1.47. The van der Waals surface area contributed by atoms with Crippen LogP contribution in [0.4, 0.5) is 0 Å². The summed E-state index contributed by atoms with van der Waals surface area (Å²) >= 11 is 0. The van der Waals surface area contributed by atoms with Crippen LogP contribution in [0.15, 0.2) is 42.0 Å². The molecule has 8 nitrogen and oxygen atoms in total. The first-order valence-corrected chi connectivity index (χ1v) is 19.8. The summed E-state index contributed by atoms with van der Waals surface area (Å²) in [5.74, 6) is 2.62. The Bertz CT molecular complexity index is 1440. The number of hydrogen-bond donors (Lipinski definition) is 3. The molecule has 1 aliphatic heterocycles. The summed E-state index contributed by atoms with van der Waals surface area (Å²) in [4.78, 5) is 25.6. The van der Waals surface area contributed by atoms with Gasteiger partial charge in [-0.2, -0.15) is 0 Å². The smallest absolute Gasteiger partial charge is 0.338 e. The molecule has 1 saturated heterocycles. The van der Waals surface area contributed by atoms with Crippen LogP contribution < -0.4 is 0 Å². The zero-order valence-corrected chi connectivity index (χ0v) is 32.1. The number of Topliss-reactive ketones (excluding diaryl/α,β-unsaturated/α-hetero) is 1. The summed E-state index contributed by atoms with van der Waals surface area (Å²) in [5.41, 5.74) is 2.17. The molecule has 0 amide bonds. The van der Waals surface area contributed by atoms with Gasteiger partial charge in [0.2, 0.25) is 0 Å². The number of allylic oxidation sites excluding steroid dienone is 2. The Balaban J connectivity index is 0.996. The van der Waals surface area contributed by atoms with Crippen LogP contribution in [0.5, 0.6) is 0 Å². The molecule has 0 radical (unpaired) electrons. The van der Waals surface area contributed by atoms with Crippen LogP contribution in [0, 0.1) is 51.2 Å². The summed E-state index contributed by atoms with van der Waals surface area (Å²) in [6, 6.07) is 8.38. The summed E-state index contributed by atoms with van der Waals surface area (Å²) < 4.78 is 17.2. The van der Waals surface area contributed by atoms with Crippen molar-refractivity contribution in [3.63, 3.8) is 0 Å². The number of carbonyl (C=O) groups is 2. The van der Waals surface area contributed by atoms with E-state index in [0.29, 0.717) is 58.9 Å². The number of esters is 1. The highest BCUT2D eigenvalue weighted by Crippen LogP contribution is 2.73. The van der Waals surface area contributed by atoms with Crippen molar-refractivity contribution in [2.24, 2.45) is 51.2 Å². The number of hydrogen-bond acceptors (Lipinski definition) is 8. The van der Waals surface area contributed by atoms with Crippen molar-refractivity contribution >= 4 is 11.8 Å². The average Bonchev–Trinajstić information content (AvgIpc) is 3.39. The first kappa shape index (κ1) is 38.6. The van der Waals surface area contributed by atoms with Crippen LogP contribution in [-0.2, 0) is 19.0 Å². The molecule has 0 bridgehead atoms. The van der Waals surface area contributed by atoms with Crippen LogP contribution in [0.2, 0.25) is 0 Å². The van der Waals surface area contributed by atoms with E-state index in [1.54, 1.807) is 30.3 Å². The lowest BCUT2D eigenvalue weighted by atomic mass is 9.40. The first-order chi connectivity index (χ1) is 24.1. The zero-order chi connectivity index (χ0) is 36.9. The van der Waals surface area contributed by atoms with Crippen LogP contribution >= 0.6 is 0 Å². The highest BCUT2D eigenvalue weighted by atomic mass is 16.7. The van der Waals surface area contributed by atoms with E-state index in [2.05, 4.69) is 54.5 Å². The molecule has 0 spiro atoms. The SMILES string of the molecule is CC(CCC[C@@H](C)[C@H]1CC[C@@]2(C)[C@@H]3CC=C4C(C)(C)C(=O)CC[C@]4(C)[C@@H]3CC[C@]12C)CO[C@@H]1O[C@H](CO)[C@@H](OC(=O)c2ccccc2)[C@H](O)[C@H]1O. The fourth-order valence-corrected chi connectivity index (χ4v) is 12.0. The van der Waals surface area contributed by atoms with Gasteiger partial charge in [0, 0.05) is 11.8 Å². The third-order valence-corrected chi connectivity index (χ3v) is 15.3. The van der Waals surface area contributed by atoms with Crippen molar-refractivity contribution in [3.8, 4) is 0 Å². The van der Waals surface area contributed by atoms with Crippen molar-refractivity contribution < 1.29 is 39.1 Å². The lowest BCUT2D eigenvalue weighted by Gasteiger charge is -2.64. The Hall–Kier alpha value is -2.10. The number of ketones is 1. The van der Waals surface area contributed by atoms with Gasteiger partial charge in [-0.3, -0.25) is 4.79 Å². The third-order valence-electron chi connectivity index (χ3n) is 15.3. The Kier molecular flexibility index (Phi) is 11.1. The minimum Gasteiger partial charge on any atom is -0.453 e. The predicted octanol–water partition coefficient (Wildman–Crippen LogP) is 7.28. The van der Waals surface area contributed by atoms with E-state index in [1.165, 1.54) is 31.3 Å². The number of rotatable bonds is 11. The summed E-state index contributed by atoms with van der Waals surface area (Å²) in [6.45, 7) is 16.5. The van der Waals surface area contributed by atoms with Crippen molar-refractivity contribution in [2.45, 2.75) is 143 Å². The van der Waals surface area contributed by atoms with E-state index < -0.39 is 43.3 Å². The quantitative estimate of drug-likeness (QED) is 0.162. The fourth-order valence-electron chi connectivity index (χ4n) is 12.0. The minimum absolute atomic E-state index is 0.138. The molecule has 13 atom stereocenters. The molecule has 4 aliphatic carbocycles. The van der Waals surface area contributed by atoms with Gasteiger partial charge in [-0.1, -0.05) is 77.3 Å². The molecular formula is C43H64O8.